The summed E-state index contributed by atoms with van der Waals surface area (Å²) in [6.07, 6.45) is 6.38. The highest BCUT2D eigenvalue weighted by atomic mass is 16.5. The number of aromatic nitrogens is 1. The number of rotatable bonds is 8. The Balaban J connectivity index is 1.43. The number of nitrogens with zero attached hydrogens (tertiary/aromatic N) is 1. The second kappa shape index (κ2) is 8.57. The fraction of sp³-hybridized carbons (Fsp3) is 0.565. The van der Waals surface area contributed by atoms with Crippen LogP contribution in [0.3, 0.4) is 0 Å². The molecular formula is C23H30N4O3. The standard InChI is InChI=1S/C23H30N4O3/c1-29-16-9-19-17(21(10-16)30-2)11-20(26-19)22(28)27-18-6-4-3-5-15(18)12-25-14-23(13-24)7-8-23/h9-11,15,18,25-26H,3-8,12,14H2,1-2H3,(H,27,28)/t15-,18+/m1/s1. The van der Waals surface area contributed by atoms with Crippen LogP contribution in [0.15, 0.2) is 18.2 Å². The van der Waals surface area contributed by atoms with Gasteiger partial charge in [0, 0.05) is 30.1 Å². The van der Waals surface area contributed by atoms with E-state index in [1.54, 1.807) is 14.2 Å². The Hall–Kier alpha value is -2.72. The molecule has 0 unspecified atom stereocenters. The number of carbonyl (C=O) groups is 1. The van der Waals surface area contributed by atoms with E-state index in [4.69, 9.17) is 9.47 Å². The number of aromatic amines is 1. The molecule has 3 N–H and O–H groups in total. The Morgan fingerprint density at radius 3 is 2.73 bits per heavy atom. The molecule has 0 radical (unpaired) electrons. The van der Waals surface area contributed by atoms with E-state index < -0.39 is 0 Å². The summed E-state index contributed by atoms with van der Waals surface area (Å²) in [4.78, 5) is 16.2. The molecular weight excluding hydrogens is 380 g/mol. The number of hydrogen-bond donors (Lipinski definition) is 3. The van der Waals surface area contributed by atoms with Crippen molar-refractivity contribution in [1.82, 2.24) is 15.6 Å². The topological polar surface area (TPSA) is 99.2 Å². The smallest absolute Gasteiger partial charge is 0.267 e. The van der Waals surface area contributed by atoms with Crippen molar-refractivity contribution in [2.24, 2.45) is 11.3 Å². The molecule has 0 bridgehead atoms. The second-order valence-corrected chi connectivity index (χ2v) is 8.62. The van der Waals surface area contributed by atoms with Gasteiger partial charge in [-0.1, -0.05) is 12.8 Å². The van der Waals surface area contributed by atoms with Crippen molar-refractivity contribution >= 4 is 16.8 Å². The number of amides is 1. The van der Waals surface area contributed by atoms with Crippen LogP contribution in [-0.4, -0.2) is 44.2 Å². The number of benzene rings is 1. The summed E-state index contributed by atoms with van der Waals surface area (Å²) in [6.45, 7) is 1.59. The number of nitriles is 1. The van der Waals surface area contributed by atoms with Gasteiger partial charge >= 0.3 is 0 Å². The Kier molecular flexibility index (Phi) is 5.87. The summed E-state index contributed by atoms with van der Waals surface area (Å²) in [7, 11) is 3.22. The number of nitrogens with one attached hydrogen (secondary N) is 3. The maximum atomic E-state index is 13.0. The lowest BCUT2D eigenvalue weighted by molar-refractivity contribution is 0.0901. The van der Waals surface area contributed by atoms with Gasteiger partial charge < -0.3 is 25.1 Å². The fourth-order valence-corrected chi connectivity index (χ4v) is 4.45. The van der Waals surface area contributed by atoms with E-state index in [0.717, 1.165) is 56.1 Å². The third-order valence-corrected chi connectivity index (χ3v) is 6.56. The average Bonchev–Trinajstić information content (AvgIpc) is 3.42. The second-order valence-electron chi connectivity index (χ2n) is 8.62. The Labute approximate surface area is 177 Å². The highest BCUT2D eigenvalue weighted by Gasteiger charge is 2.42. The summed E-state index contributed by atoms with van der Waals surface area (Å²) < 4.78 is 10.8. The van der Waals surface area contributed by atoms with Crippen LogP contribution in [0.4, 0.5) is 0 Å². The van der Waals surface area contributed by atoms with Gasteiger partial charge in [0.05, 0.1) is 31.2 Å². The molecule has 0 aliphatic heterocycles. The predicted molar refractivity (Wildman–Crippen MR) is 115 cm³/mol. The minimum Gasteiger partial charge on any atom is -0.497 e. The lowest BCUT2D eigenvalue weighted by Gasteiger charge is -2.32. The van der Waals surface area contributed by atoms with Crippen LogP contribution < -0.4 is 20.1 Å². The lowest BCUT2D eigenvalue weighted by atomic mass is 9.84. The molecule has 7 heteroatoms. The van der Waals surface area contributed by atoms with Gasteiger partial charge in [0.1, 0.15) is 17.2 Å². The highest BCUT2D eigenvalue weighted by molar-refractivity contribution is 6.00. The molecule has 2 fully saturated rings. The van der Waals surface area contributed by atoms with Crippen LogP contribution in [0.2, 0.25) is 0 Å². The normalized spacial score (nSPS) is 22.3. The van der Waals surface area contributed by atoms with Crippen molar-refractivity contribution in [3.63, 3.8) is 0 Å². The van der Waals surface area contributed by atoms with E-state index >= 15 is 0 Å². The van der Waals surface area contributed by atoms with Crippen LogP contribution in [0, 0.1) is 22.7 Å². The van der Waals surface area contributed by atoms with Crippen LogP contribution in [0.25, 0.3) is 10.9 Å². The van der Waals surface area contributed by atoms with E-state index in [-0.39, 0.29) is 17.4 Å². The number of fused-ring (bicyclic) bond motifs is 1. The quantitative estimate of drug-likeness (QED) is 0.620. The molecule has 160 valence electrons. The molecule has 2 saturated carbocycles. The van der Waals surface area contributed by atoms with Gasteiger partial charge in [-0.15, -0.1) is 0 Å². The minimum absolute atomic E-state index is 0.0974. The molecule has 30 heavy (non-hydrogen) atoms. The summed E-state index contributed by atoms with van der Waals surface area (Å²) in [5.74, 6) is 1.64. The monoisotopic (exact) mass is 410 g/mol. The maximum absolute atomic E-state index is 13.0. The maximum Gasteiger partial charge on any atom is 0.267 e. The zero-order chi connectivity index (χ0) is 21.1. The molecule has 2 aliphatic rings. The molecule has 2 aliphatic carbocycles. The average molecular weight is 411 g/mol. The minimum atomic E-state index is -0.141. The van der Waals surface area contributed by atoms with Gasteiger partial charge in [0.25, 0.3) is 5.91 Å². The number of hydrogen-bond acceptors (Lipinski definition) is 5. The van der Waals surface area contributed by atoms with Gasteiger partial charge in [-0.2, -0.15) is 5.26 Å². The van der Waals surface area contributed by atoms with Crippen LogP contribution in [0.5, 0.6) is 11.5 Å². The van der Waals surface area contributed by atoms with Crippen LogP contribution in [0.1, 0.15) is 49.0 Å². The van der Waals surface area contributed by atoms with E-state index in [0.29, 0.717) is 23.1 Å². The summed E-state index contributed by atoms with van der Waals surface area (Å²) >= 11 is 0. The summed E-state index contributed by atoms with van der Waals surface area (Å²) in [6, 6.07) is 8.08. The van der Waals surface area contributed by atoms with Gasteiger partial charge in [0.2, 0.25) is 0 Å². The Morgan fingerprint density at radius 2 is 2.03 bits per heavy atom. The number of carbonyl (C=O) groups excluding carboxylic acids is 1. The van der Waals surface area contributed by atoms with Crippen molar-refractivity contribution in [3.05, 3.63) is 23.9 Å². The molecule has 1 aromatic carbocycles. The first-order valence-electron chi connectivity index (χ1n) is 10.7. The summed E-state index contributed by atoms with van der Waals surface area (Å²) in [5.41, 5.74) is 1.19. The van der Waals surface area contributed by atoms with Gasteiger partial charge in [-0.25, -0.2) is 0 Å². The van der Waals surface area contributed by atoms with Crippen molar-refractivity contribution < 1.29 is 14.3 Å². The number of ether oxygens (including phenoxy) is 2. The molecule has 4 rings (SSSR count). The van der Waals surface area contributed by atoms with Crippen molar-refractivity contribution in [3.8, 4) is 17.6 Å². The molecule has 2 aromatic rings. The van der Waals surface area contributed by atoms with E-state index in [2.05, 4.69) is 21.7 Å². The first-order chi connectivity index (χ1) is 14.6. The molecule has 1 amide bonds. The summed E-state index contributed by atoms with van der Waals surface area (Å²) in [5, 5.41) is 16.8. The highest BCUT2D eigenvalue weighted by Crippen LogP contribution is 2.44. The Morgan fingerprint density at radius 1 is 1.23 bits per heavy atom. The first kappa shape index (κ1) is 20.5. The third-order valence-electron chi connectivity index (χ3n) is 6.56. The van der Waals surface area contributed by atoms with Crippen molar-refractivity contribution in [2.75, 3.05) is 27.3 Å². The zero-order valence-corrected chi connectivity index (χ0v) is 17.7. The Bertz CT molecular complexity index is 957. The molecule has 1 aromatic heterocycles. The van der Waals surface area contributed by atoms with Crippen LogP contribution >= 0.6 is 0 Å². The molecule has 1 heterocycles. The molecule has 0 spiro atoms. The van der Waals surface area contributed by atoms with Gasteiger partial charge in [-0.3, -0.25) is 4.79 Å². The molecule has 0 saturated heterocycles. The number of H-pyrrole nitrogens is 1. The van der Waals surface area contributed by atoms with Crippen LogP contribution in [-0.2, 0) is 0 Å². The largest absolute Gasteiger partial charge is 0.497 e. The van der Waals surface area contributed by atoms with E-state index in [1.165, 1.54) is 6.42 Å². The first-order valence-corrected chi connectivity index (χ1v) is 10.7. The van der Waals surface area contributed by atoms with Crippen molar-refractivity contribution in [2.45, 2.75) is 44.6 Å². The lowest BCUT2D eigenvalue weighted by Crippen LogP contribution is -2.46. The zero-order valence-electron chi connectivity index (χ0n) is 17.7. The molecule has 2 atom stereocenters. The van der Waals surface area contributed by atoms with Gasteiger partial charge in [-0.05, 0) is 44.2 Å². The third kappa shape index (κ3) is 4.24. The number of methoxy groups -OCH3 is 2. The van der Waals surface area contributed by atoms with Gasteiger partial charge in [0.15, 0.2) is 0 Å². The molecule has 7 nitrogen and oxygen atoms in total. The SMILES string of the molecule is COc1cc(OC)c2cc(C(=O)N[C@H]3CCCC[C@@H]3CNCC3(C#N)CC3)[nH]c2c1. The predicted octanol–water partition coefficient (Wildman–Crippen LogP) is 3.37. The fourth-order valence-electron chi connectivity index (χ4n) is 4.45. The van der Waals surface area contributed by atoms with E-state index in [9.17, 15) is 10.1 Å². The van der Waals surface area contributed by atoms with Crippen molar-refractivity contribution in [1.29, 1.82) is 5.26 Å². The van der Waals surface area contributed by atoms with E-state index in [1.807, 2.05) is 18.2 Å².